The minimum Gasteiger partial charge on any atom is -0.423 e. The maximum Gasteiger partial charge on any atom is 0.488 e. The number of hydrogen-bond donors (Lipinski definition) is 2. The van der Waals surface area contributed by atoms with E-state index < -0.39 is 7.12 Å². The molecule has 0 aliphatic rings. The summed E-state index contributed by atoms with van der Waals surface area (Å²) in [5, 5.41) is 17.7. The predicted octanol–water partition coefficient (Wildman–Crippen LogP) is 1.18. The Balaban J connectivity index is 2.64. The van der Waals surface area contributed by atoms with E-state index in [0.29, 0.717) is 5.46 Å². The van der Waals surface area contributed by atoms with E-state index in [-0.39, 0.29) is 0 Å². The van der Waals surface area contributed by atoms with Crippen LogP contribution in [0.4, 0.5) is 0 Å². The fourth-order valence-electron chi connectivity index (χ4n) is 1.17. The first-order valence-electron chi connectivity index (χ1n) is 4.86. The summed E-state index contributed by atoms with van der Waals surface area (Å²) in [5.74, 6) is 0. The van der Waals surface area contributed by atoms with Crippen LogP contribution in [0.3, 0.4) is 0 Å². The summed E-state index contributed by atoms with van der Waals surface area (Å²) in [6, 6.07) is 7.19. The van der Waals surface area contributed by atoms with Gasteiger partial charge in [0, 0.05) is 0 Å². The number of rotatable bonds is 4. The van der Waals surface area contributed by atoms with E-state index >= 15 is 0 Å². The summed E-state index contributed by atoms with van der Waals surface area (Å²) in [6.45, 7) is 2.13. The van der Waals surface area contributed by atoms with E-state index in [9.17, 15) is 0 Å². The zero-order valence-corrected chi connectivity index (χ0v) is 8.35. The Hall–Kier alpha value is -1.06. The Bertz CT molecular complexity index is 291. The molecule has 2 N–H and O–H groups in total. The molecule has 1 aromatic rings. The lowest BCUT2D eigenvalue weighted by Gasteiger charge is -1.99. The van der Waals surface area contributed by atoms with Gasteiger partial charge in [0.15, 0.2) is 0 Å². The van der Waals surface area contributed by atoms with Crippen molar-refractivity contribution in [2.45, 2.75) is 19.8 Å². The minimum absolute atomic E-state index is 0.526. The van der Waals surface area contributed by atoms with Crippen LogP contribution in [-0.2, 0) is 0 Å². The molecule has 0 spiro atoms. The highest BCUT2D eigenvalue weighted by Crippen LogP contribution is 2.02. The summed E-state index contributed by atoms with van der Waals surface area (Å²) in [5.41, 5.74) is 1.61. The average molecular weight is 190 g/mol. The van der Waals surface area contributed by atoms with Crippen molar-refractivity contribution in [3.05, 3.63) is 35.9 Å². The van der Waals surface area contributed by atoms with Crippen molar-refractivity contribution in [1.82, 2.24) is 0 Å². The van der Waals surface area contributed by atoms with E-state index in [1.807, 2.05) is 18.2 Å². The van der Waals surface area contributed by atoms with Gasteiger partial charge in [-0.05, 0) is 17.4 Å². The largest absolute Gasteiger partial charge is 0.488 e. The molecule has 0 aliphatic carbocycles. The van der Waals surface area contributed by atoms with Crippen molar-refractivity contribution in [3.63, 3.8) is 0 Å². The second-order valence-corrected chi connectivity index (χ2v) is 3.23. The molecular formula is C11H15BO2. The van der Waals surface area contributed by atoms with Gasteiger partial charge in [-0.15, -0.1) is 0 Å². The average Bonchev–Trinajstić information content (AvgIpc) is 2.19. The third-order valence-corrected chi connectivity index (χ3v) is 2.00. The van der Waals surface area contributed by atoms with Crippen LogP contribution in [0.1, 0.15) is 25.3 Å². The summed E-state index contributed by atoms with van der Waals surface area (Å²) in [7, 11) is -1.37. The number of hydrogen-bond acceptors (Lipinski definition) is 2. The molecule has 1 rings (SSSR count). The lowest BCUT2D eigenvalue weighted by Crippen LogP contribution is -2.29. The van der Waals surface area contributed by atoms with E-state index in [1.165, 1.54) is 0 Å². The molecule has 0 aromatic heterocycles. The molecule has 0 unspecified atom stereocenters. The molecule has 74 valence electrons. The molecule has 0 atom stereocenters. The van der Waals surface area contributed by atoms with Crippen molar-refractivity contribution in [2.75, 3.05) is 0 Å². The Morgan fingerprint density at radius 1 is 1.21 bits per heavy atom. The number of unbranched alkanes of at least 4 members (excludes halogenated alkanes) is 1. The van der Waals surface area contributed by atoms with Gasteiger partial charge in [0.2, 0.25) is 0 Å². The molecule has 1 aromatic carbocycles. The fourth-order valence-corrected chi connectivity index (χ4v) is 1.17. The molecule has 0 saturated heterocycles. The van der Waals surface area contributed by atoms with Crippen molar-refractivity contribution in [3.8, 4) is 0 Å². The summed E-state index contributed by atoms with van der Waals surface area (Å²) >= 11 is 0. The minimum atomic E-state index is -1.37. The summed E-state index contributed by atoms with van der Waals surface area (Å²) in [4.78, 5) is 0. The summed E-state index contributed by atoms with van der Waals surface area (Å²) < 4.78 is 0. The Morgan fingerprint density at radius 2 is 1.86 bits per heavy atom. The van der Waals surface area contributed by atoms with Crippen molar-refractivity contribution < 1.29 is 10.0 Å². The highest BCUT2D eigenvalue weighted by Gasteiger charge is 2.08. The molecule has 0 fully saturated rings. The lowest BCUT2D eigenvalue weighted by atomic mass is 9.80. The molecular weight excluding hydrogens is 175 g/mol. The first-order chi connectivity index (χ1) is 6.74. The first kappa shape index (κ1) is 11.0. The third-order valence-electron chi connectivity index (χ3n) is 2.00. The Kier molecular flexibility index (Phi) is 4.43. The standard InChI is InChI=1S/C11H15BO2/c1-2-3-4-5-10-6-8-11(9-7-10)12(13)14/h4-9,13-14H,2-3H2,1H3/b5-4+. The van der Waals surface area contributed by atoms with Crippen molar-refractivity contribution >= 4 is 18.7 Å². The molecule has 0 aliphatic heterocycles. The smallest absolute Gasteiger partial charge is 0.423 e. The maximum atomic E-state index is 8.87. The SMILES string of the molecule is CCC/C=C/c1ccc(B(O)O)cc1. The van der Waals surface area contributed by atoms with Crippen molar-refractivity contribution in [1.29, 1.82) is 0 Å². The van der Waals surface area contributed by atoms with Gasteiger partial charge < -0.3 is 10.0 Å². The van der Waals surface area contributed by atoms with Gasteiger partial charge in [-0.3, -0.25) is 0 Å². The van der Waals surface area contributed by atoms with Gasteiger partial charge in [0.25, 0.3) is 0 Å². The van der Waals surface area contributed by atoms with Gasteiger partial charge >= 0.3 is 7.12 Å². The normalized spacial score (nSPS) is 10.8. The van der Waals surface area contributed by atoms with Crippen LogP contribution in [0.2, 0.25) is 0 Å². The fraction of sp³-hybridized carbons (Fsp3) is 0.273. The second kappa shape index (κ2) is 5.63. The second-order valence-electron chi connectivity index (χ2n) is 3.23. The van der Waals surface area contributed by atoms with Crippen LogP contribution >= 0.6 is 0 Å². The quantitative estimate of drug-likeness (QED) is 0.700. The van der Waals surface area contributed by atoms with Crippen LogP contribution in [0.15, 0.2) is 30.3 Å². The molecule has 0 radical (unpaired) electrons. The van der Waals surface area contributed by atoms with E-state index in [0.717, 1.165) is 18.4 Å². The van der Waals surface area contributed by atoms with E-state index in [2.05, 4.69) is 13.0 Å². The Morgan fingerprint density at radius 3 is 2.36 bits per heavy atom. The van der Waals surface area contributed by atoms with Crippen molar-refractivity contribution in [2.24, 2.45) is 0 Å². The van der Waals surface area contributed by atoms with E-state index in [1.54, 1.807) is 12.1 Å². The van der Waals surface area contributed by atoms with Crippen LogP contribution in [-0.4, -0.2) is 17.2 Å². The number of allylic oxidation sites excluding steroid dienone is 1. The van der Waals surface area contributed by atoms with Gasteiger partial charge in [-0.2, -0.15) is 0 Å². The zero-order chi connectivity index (χ0) is 10.4. The maximum absolute atomic E-state index is 8.87. The predicted molar refractivity (Wildman–Crippen MR) is 60.2 cm³/mol. The lowest BCUT2D eigenvalue weighted by molar-refractivity contribution is 0.426. The molecule has 0 bridgehead atoms. The molecule has 2 nitrogen and oxygen atoms in total. The zero-order valence-electron chi connectivity index (χ0n) is 8.35. The molecule has 0 heterocycles. The molecule has 14 heavy (non-hydrogen) atoms. The van der Waals surface area contributed by atoms with Gasteiger partial charge in [0.05, 0.1) is 0 Å². The highest BCUT2D eigenvalue weighted by atomic mass is 16.4. The van der Waals surface area contributed by atoms with Gasteiger partial charge in [0.1, 0.15) is 0 Å². The van der Waals surface area contributed by atoms with Crippen LogP contribution < -0.4 is 5.46 Å². The van der Waals surface area contributed by atoms with Gasteiger partial charge in [-0.1, -0.05) is 49.8 Å². The van der Waals surface area contributed by atoms with Crippen LogP contribution in [0, 0.1) is 0 Å². The molecule has 3 heteroatoms. The highest BCUT2D eigenvalue weighted by molar-refractivity contribution is 6.58. The van der Waals surface area contributed by atoms with Gasteiger partial charge in [-0.25, -0.2) is 0 Å². The third kappa shape index (κ3) is 3.36. The number of benzene rings is 1. The topological polar surface area (TPSA) is 40.5 Å². The van der Waals surface area contributed by atoms with E-state index in [4.69, 9.17) is 10.0 Å². The summed E-state index contributed by atoms with van der Waals surface area (Å²) in [6.07, 6.45) is 6.37. The molecule has 0 amide bonds. The monoisotopic (exact) mass is 190 g/mol. The van der Waals surface area contributed by atoms with Crippen LogP contribution in [0.25, 0.3) is 6.08 Å². The van der Waals surface area contributed by atoms with Crippen LogP contribution in [0.5, 0.6) is 0 Å². The molecule has 0 saturated carbocycles. The Labute approximate surface area is 85.0 Å². The first-order valence-corrected chi connectivity index (χ1v) is 4.86.